The molecule has 2 N–H and O–H groups in total. The van der Waals surface area contributed by atoms with Gasteiger partial charge in [0.15, 0.2) is 11.0 Å². The summed E-state index contributed by atoms with van der Waals surface area (Å²) in [5.41, 5.74) is 8.48. The van der Waals surface area contributed by atoms with Crippen molar-refractivity contribution >= 4 is 45.0 Å². The summed E-state index contributed by atoms with van der Waals surface area (Å²) >= 11 is 2.96. The van der Waals surface area contributed by atoms with Gasteiger partial charge in [-0.3, -0.25) is 4.57 Å². The van der Waals surface area contributed by atoms with Crippen molar-refractivity contribution < 1.29 is 13.9 Å². The third-order valence-electron chi connectivity index (χ3n) is 5.10. The number of carbonyl (C=O) groups is 1. The molecule has 0 aliphatic rings. The van der Waals surface area contributed by atoms with E-state index in [1.807, 2.05) is 47.0 Å². The second-order valence-corrected chi connectivity index (χ2v) is 9.05. The van der Waals surface area contributed by atoms with Crippen LogP contribution in [-0.4, -0.2) is 32.8 Å². The van der Waals surface area contributed by atoms with Crippen LogP contribution in [0, 0.1) is 0 Å². The van der Waals surface area contributed by atoms with Crippen molar-refractivity contribution in [2.45, 2.75) is 17.5 Å². The molecule has 4 aromatic heterocycles. The molecular formula is C23H19N5O3S2. The average molecular weight is 478 g/mol. The summed E-state index contributed by atoms with van der Waals surface area (Å²) in [5, 5.41) is 10.5. The number of esters is 1. The third kappa shape index (κ3) is 4.10. The van der Waals surface area contributed by atoms with E-state index in [0.29, 0.717) is 34.5 Å². The number of nitrogen functional groups attached to an aromatic ring is 1. The summed E-state index contributed by atoms with van der Waals surface area (Å²) < 4.78 is 12.5. The quantitative estimate of drug-likeness (QED) is 0.262. The number of furan rings is 1. The highest BCUT2D eigenvalue weighted by molar-refractivity contribution is 7.98. The fourth-order valence-electron chi connectivity index (χ4n) is 3.48. The first-order chi connectivity index (χ1) is 16.2. The van der Waals surface area contributed by atoms with Crippen LogP contribution in [-0.2, 0) is 17.0 Å². The molecule has 0 aliphatic heterocycles. The number of hydrogen-bond acceptors (Lipinski definition) is 9. The molecule has 1 aromatic carbocycles. The predicted octanol–water partition coefficient (Wildman–Crippen LogP) is 4.86. The maximum Gasteiger partial charge on any atom is 0.338 e. The average Bonchev–Trinajstić information content (AvgIpc) is 3.58. The number of nitrogens with zero attached hydrogens (tertiary/aromatic N) is 4. The monoisotopic (exact) mass is 477 g/mol. The molecule has 33 heavy (non-hydrogen) atoms. The van der Waals surface area contributed by atoms with Crippen LogP contribution in [0.5, 0.6) is 0 Å². The normalized spacial score (nSPS) is 11.2. The van der Waals surface area contributed by atoms with Crippen molar-refractivity contribution in [2.75, 3.05) is 12.8 Å². The molecule has 0 bridgehead atoms. The Morgan fingerprint density at radius 3 is 2.85 bits per heavy atom. The number of thioether (sulfide) groups is 1. The minimum absolute atomic E-state index is 0.366. The van der Waals surface area contributed by atoms with Gasteiger partial charge in [0, 0.05) is 17.3 Å². The van der Waals surface area contributed by atoms with Crippen molar-refractivity contribution in [3.8, 4) is 10.7 Å². The Labute approximate surface area is 197 Å². The Balaban J connectivity index is 1.53. The molecule has 4 heterocycles. The van der Waals surface area contributed by atoms with Gasteiger partial charge in [-0.1, -0.05) is 30.0 Å². The van der Waals surface area contributed by atoms with Gasteiger partial charge in [-0.25, -0.2) is 9.78 Å². The molecule has 0 amide bonds. The molecule has 0 saturated heterocycles. The number of thiophene rings is 1. The van der Waals surface area contributed by atoms with E-state index < -0.39 is 0 Å². The van der Waals surface area contributed by atoms with Crippen LogP contribution in [0.25, 0.3) is 20.9 Å². The highest BCUT2D eigenvalue weighted by Gasteiger charge is 2.22. The fourth-order valence-corrected chi connectivity index (χ4v) is 5.48. The van der Waals surface area contributed by atoms with Gasteiger partial charge in [0.1, 0.15) is 10.6 Å². The van der Waals surface area contributed by atoms with E-state index in [2.05, 4.69) is 15.2 Å². The van der Waals surface area contributed by atoms with Crippen molar-refractivity contribution in [3.05, 3.63) is 77.9 Å². The number of methoxy groups -OCH3 is 1. The second kappa shape index (κ2) is 9.08. The number of anilines is 1. The van der Waals surface area contributed by atoms with Gasteiger partial charge in [0.25, 0.3) is 0 Å². The summed E-state index contributed by atoms with van der Waals surface area (Å²) in [5.74, 6) is 1.57. The SMILES string of the molecule is COC(=O)c1ccccc1CSc1nnc(-c2sc3ncccc3c2N)n1Cc1ccco1. The summed E-state index contributed by atoms with van der Waals surface area (Å²) in [4.78, 5) is 18.2. The number of aromatic nitrogens is 4. The van der Waals surface area contributed by atoms with Crippen LogP contribution in [0.2, 0.25) is 0 Å². The molecule has 0 fully saturated rings. The van der Waals surface area contributed by atoms with E-state index in [-0.39, 0.29) is 5.97 Å². The first-order valence-corrected chi connectivity index (χ1v) is 11.8. The number of ether oxygens (including phenoxy) is 1. The number of carbonyl (C=O) groups excluding carboxylic acids is 1. The Bertz CT molecular complexity index is 1430. The Hall–Kier alpha value is -3.63. The molecule has 166 valence electrons. The maximum absolute atomic E-state index is 12.1. The summed E-state index contributed by atoms with van der Waals surface area (Å²) in [6.45, 7) is 0.442. The van der Waals surface area contributed by atoms with Crippen LogP contribution in [0.4, 0.5) is 5.69 Å². The summed E-state index contributed by atoms with van der Waals surface area (Å²) in [7, 11) is 1.38. The van der Waals surface area contributed by atoms with Crippen molar-refractivity contribution in [2.24, 2.45) is 0 Å². The van der Waals surface area contributed by atoms with Gasteiger partial charge in [-0.05, 0) is 35.9 Å². The minimum Gasteiger partial charge on any atom is -0.467 e. The van der Waals surface area contributed by atoms with Gasteiger partial charge in [-0.15, -0.1) is 21.5 Å². The van der Waals surface area contributed by atoms with Gasteiger partial charge in [0.2, 0.25) is 0 Å². The zero-order valence-corrected chi connectivity index (χ0v) is 19.2. The first-order valence-electron chi connectivity index (χ1n) is 10.0. The molecule has 0 spiro atoms. The number of pyridine rings is 1. The second-order valence-electron chi connectivity index (χ2n) is 7.11. The molecule has 0 unspecified atom stereocenters. The molecule has 5 aromatic rings. The maximum atomic E-state index is 12.1. The Kier molecular flexibility index (Phi) is 5.84. The molecule has 8 nitrogen and oxygen atoms in total. The van der Waals surface area contributed by atoms with Gasteiger partial charge >= 0.3 is 5.97 Å². The van der Waals surface area contributed by atoms with E-state index in [1.54, 1.807) is 18.5 Å². The molecule has 0 aliphatic carbocycles. The van der Waals surface area contributed by atoms with Gasteiger partial charge < -0.3 is 14.9 Å². The lowest BCUT2D eigenvalue weighted by Gasteiger charge is -2.10. The highest BCUT2D eigenvalue weighted by Crippen LogP contribution is 2.40. The first kappa shape index (κ1) is 21.2. The molecule has 0 radical (unpaired) electrons. The van der Waals surface area contributed by atoms with Crippen LogP contribution >= 0.6 is 23.1 Å². The van der Waals surface area contributed by atoms with E-state index in [4.69, 9.17) is 14.9 Å². The van der Waals surface area contributed by atoms with Crippen LogP contribution in [0.3, 0.4) is 0 Å². The van der Waals surface area contributed by atoms with Crippen molar-refractivity contribution in [1.29, 1.82) is 0 Å². The van der Waals surface area contributed by atoms with Gasteiger partial charge in [-0.2, -0.15) is 0 Å². The van der Waals surface area contributed by atoms with E-state index >= 15 is 0 Å². The topological polar surface area (TPSA) is 109 Å². The smallest absolute Gasteiger partial charge is 0.338 e. The standard InChI is InChI=1S/C23H19N5O3S2/c1-30-22(29)16-8-3-2-6-14(16)13-32-23-27-26-20(28(23)12-15-7-5-11-31-15)19-18(24)17-9-4-10-25-21(17)33-19/h2-11H,12-13,24H2,1H3. The number of benzene rings is 1. The van der Waals surface area contributed by atoms with Crippen LogP contribution in [0.1, 0.15) is 21.7 Å². The number of fused-ring (bicyclic) bond motifs is 1. The lowest BCUT2D eigenvalue weighted by atomic mass is 10.1. The number of nitrogens with two attached hydrogens (primary N) is 1. The molecule has 10 heteroatoms. The van der Waals surface area contributed by atoms with Crippen molar-refractivity contribution in [1.82, 2.24) is 19.7 Å². The summed E-state index contributed by atoms with van der Waals surface area (Å²) in [6, 6.07) is 14.9. The highest BCUT2D eigenvalue weighted by atomic mass is 32.2. The zero-order valence-electron chi connectivity index (χ0n) is 17.6. The third-order valence-corrected chi connectivity index (χ3v) is 7.24. The largest absolute Gasteiger partial charge is 0.467 e. The minimum atomic E-state index is -0.366. The van der Waals surface area contributed by atoms with Crippen LogP contribution in [0.15, 0.2) is 70.6 Å². The number of rotatable bonds is 7. The predicted molar refractivity (Wildman–Crippen MR) is 128 cm³/mol. The zero-order chi connectivity index (χ0) is 22.8. The Morgan fingerprint density at radius 2 is 2.06 bits per heavy atom. The number of hydrogen-bond donors (Lipinski definition) is 1. The lowest BCUT2D eigenvalue weighted by molar-refractivity contribution is 0.0600. The van der Waals surface area contributed by atoms with E-state index in [9.17, 15) is 4.79 Å². The van der Waals surface area contributed by atoms with E-state index in [0.717, 1.165) is 26.4 Å². The molecular weight excluding hydrogens is 458 g/mol. The van der Waals surface area contributed by atoms with Gasteiger partial charge in [0.05, 0.1) is 36.0 Å². The van der Waals surface area contributed by atoms with Crippen molar-refractivity contribution in [3.63, 3.8) is 0 Å². The molecule has 0 atom stereocenters. The van der Waals surface area contributed by atoms with E-state index in [1.165, 1.54) is 30.2 Å². The molecule has 5 rings (SSSR count). The fraction of sp³-hybridized carbons (Fsp3) is 0.130. The lowest BCUT2D eigenvalue weighted by Crippen LogP contribution is -2.06. The molecule has 0 saturated carbocycles. The van der Waals surface area contributed by atoms with Crippen LogP contribution < -0.4 is 5.73 Å². The summed E-state index contributed by atoms with van der Waals surface area (Å²) in [6.07, 6.45) is 3.38. The Morgan fingerprint density at radius 1 is 1.18 bits per heavy atom.